The van der Waals surface area contributed by atoms with Crippen LogP contribution in [0.4, 0.5) is 0 Å². The first-order valence-electron chi connectivity index (χ1n) is 6.28. The Morgan fingerprint density at radius 3 is 2.94 bits per heavy atom. The van der Waals surface area contributed by atoms with Crippen molar-refractivity contribution in [2.75, 3.05) is 19.6 Å². The van der Waals surface area contributed by atoms with Crippen LogP contribution in [0.2, 0.25) is 0 Å². The topological polar surface area (TPSA) is 82.6 Å². The van der Waals surface area contributed by atoms with E-state index in [1.54, 1.807) is 0 Å². The molecule has 2 heterocycles. The Hall–Kier alpha value is -1.69. The van der Waals surface area contributed by atoms with Crippen LogP contribution >= 0.6 is 0 Å². The highest BCUT2D eigenvalue weighted by atomic mass is 16.2. The van der Waals surface area contributed by atoms with Gasteiger partial charge in [0.05, 0.1) is 0 Å². The van der Waals surface area contributed by atoms with E-state index in [4.69, 9.17) is 0 Å². The van der Waals surface area contributed by atoms with E-state index >= 15 is 0 Å². The molecule has 2 rings (SSSR count). The van der Waals surface area contributed by atoms with E-state index in [0.717, 1.165) is 25.9 Å². The van der Waals surface area contributed by atoms with E-state index in [0.29, 0.717) is 25.1 Å². The van der Waals surface area contributed by atoms with E-state index in [1.807, 2.05) is 0 Å². The van der Waals surface area contributed by atoms with Crippen molar-refractivity contribution in [2.24, 2.45) is 5.10 Å². The maximum atomic E-state index is 11.7. The summed E-state index contributed by atoms with van der Waals surface area (Å²) in [5, 5.41) is 9.84. The van der Waals surface area contributed by atoms with Crippen LogP contribution in [0.1, 0.15) is 25.7 Å². The molecule has 0 aromatic carbocycles. The van der Waals surface area contributed by atoms with Crippen LogP contribution in [0.15, 0.2) is 16.8 Å². The van der Waals surface area contributed by atoms with Crippen LogP contribution in [0.25, 0.3) is 0 Å². The number of rotatable bonds is 4. The van der Waals surface area contributed by atoms with Crippen LogP contribution in [0, 0.1) is 0 Å². The third-order valence-corrected chi connectivity index (χ3v) is 3.06. The minimum atomic E-state index is -0.176. The summed E-state index contributed by atoms with van der Waals surface area (Å²) in [5.74, 6) is -0.309. The van der Waals surface area contributed by atoms with E-state index in [-0.39, 0.29) is 11.8 Å². The second-order valence-corrected chi connectivity index (χ2v) is 4.42. The summed E-state index contributed by atoms with van der Waals surface area (Å²) in [6.45, 7) is 2.55. The molecule has 0 saturated heterocycles. The summed E-state index contributed by atoms with van der Waals surface area (Å²) in [6, 6.07) is 0. The number of amides is 2. The zero-order valence-corrected chi connectivity index (χ0v) is 10.3. The number of carbonyl (C=O) groups excluding carboxylic acids is 2. The van der Waals surface area contributed by atoms with Gasteiger partial charge in [0.15, 0.2) is 0 Å². The Kier molecular flexibility index (Phi) is 4.46. The van der Waals surface area contributed by atoms with Crippen molar-refractivity contribution >= 4 is 17.5 Å². The molecule has 0 unspecified atom stereocenters. The van der Waals surface area contributed by atoms with Crippen molar-refractivity contribution in [3.8, 4) is 0 Å². The molecule has 0 saturated carbocycles. The minimum Gasteiger partial charge on any atom is -0.351 e. The lowest BCUT2D eigenvalue weighted by molar-refractivity contribution is -0.121. The van der Waals surface area contributed by atoms with Gasteiger partial charge in [-0.05, 0) is 19.4 Å². The van der Waals surface area contributed by atoms with Crippen molar-refractivity contribution in [1.29, 1.82) is 0 Å². The Labute approximate surface area is 106 Å². The SMILES string of the molecule is O=C1CCC(C(=O)NCCC2=CCNCC2)=NN1. The molecule has 6 nitrogen and oxygen atoms in total. The predicted molar refractivity (Wildman–Crippen MR) is 68.0 cm³/mol. The van der Waals surface area contributed by atoms with Crippen molar-refractivity contribution in [2.45, 2.75) is 25.7 Å². The highest BCUT2D eigenvalue weighted by Gasteiger charge is 2.17. The largest absolute Gasteiger partial charge is 0.351 e. The van der Waals surface area contributed by atoms with Gasteiger partial charge >= 0.3 is 0 Å². The fraction of sp³-hybridized carbons (Fsp3) is 0.583. The normalized spacial score (nSPS) is 19.7. The van der Waals surface area contributed by atoms with Crippen LogP contribution in [0.5, 0.6) is 0 Å². The fourth-order valence-electron chi connectivity index (χ4n) is 1.97. The molecule has 2 amide bonds. The minimum absolute atomic E-state index is 0.133. The second kappa shape index (κ2) is 6.30. The summed E-state index contributed by atoms with van der Waals surface area (Å²) in [7, 11) is 0. The lowest BCUT2D eigenvalue weighted by atomic mass is 10.1. The Morgan fingerprint density at radius 1 is 1.39 bits per heavy atom. The molecule has 0 aromatic rings. The summed E-state index contributed by atoms with van der Waals surface area (Å²) >= 11 is 0. The highest BCUT2D eigenvalue weighted by molar-refractivity contribution is 6.39. The van der Waals surface area contributed by atoms with Crippen molar-refractivity contribution in [1.82, 2.24) is 16.1 Å². The van der Waals surface area contributed by atoms with E-state index < -0.39 is 0 Å². The average molecular weight is 250 g/mol. The Balaban J connectivity index is 1.71. The molecule has 3 N–H and O–H groups in total. The first-order valence-corrected chi connectivity index (χ1v) is 6.28. The molecular weight excluding hydrogens is 232 g/mol. The molecule has 0 aliphatic carbocycles. The molecule has 6 heteroatoms. The number of hydrogen-bond donors (Lipinski definition) is 3. The van der Waals surface area contributed by atoms with Crippen molar-refractivity contribution in [3.63, 3.8) is 0 Å². The van der Waals surface area contributed by atoms with Crippen LogP contribution < -0.4 is 16.1 Å². The van der Waals surface area contributed by atoms with Crippen LogP contribution in [-0.4, -0.2) is 37.2 Å². The highest BCUT2D eigenvalue weighted by Crippen LogP contribution is 2.08. The van der Waals surface area contributed by atoms with Gasteiger partial charge < -0.3 is 10.6 Å². The summed E-state index contributed by atoms with van der Waals surface area (Å²) < 4.78 is 0. The molecule has 0 radical (unpaired) electrons. The summed E-state index contributed by atoms with van der Waals surface area (Å²) in [5.41, 5.74) is 4.11. The van der Waals surface area contributed by atoms with Gasteiger partial charge in [-0.25, -0.2) is 5.43 Å². The first kappa shape index (κ1) is 12.8. The van der Waals surface area contributed by atoms with Gasteiger partial charge in [-0.15, -0.1) is 0 Å². The molecule has 0 bridgehead atoms. The van der Waals surface area contributed by atoms with Gasteiger partial charge in [-0.1, -0.05) is 11.6 Å². The standard InChI is InChI=1S/C12H18N4O2/c17-11-2-1-10(15-16-11)12(18)14-8-5-9-3-6-13-7-4-9/h3,13H,1-2,4-8H2,(H,14,18)(H,16,17). The third kappa shape index (κ3) is 3.66. The van der Waals surface area contributed by atoms with Gasteiger partial charge in [-0.3, -0.25) is 9.59 Å². The number of carbonyl (C=O) groups is 2. The monoisotopic (exact) mass is 250 g/mol. The van der Waals surface area contributed by atoms with E-state index in [2.05, 4.69) is 27.2 Å². The van der Waals surface area contributed by atoms with Crippen LogP contribution in [-0.2, 0) is 9.59 Å². The molecular formula is C12H18N4O2. The molecule has 2 aliphatic heterocycles. The molecule has 0 fully saturated rings. The number of nitrogens with zero attached hydrogens (tertiary/aromatic N) is 1. The second-order valence-electron chi connectivity index (χ2n) is 4.42. The maximum absolute atomic E-state index is 11.7. The van der Waals surface area contributed by atoms with Gasteiger partial charge in [0.1, 0.15) is 5.71 Å². The fourth-order valence-corrected chi connectivity index (χ4v) is 1.97. The van der Waals surface area contributed by atoms with Gasteiger partial charge in [0.25, 0.3) is 5.91 Å². The number of hydrogen-bond acceptors (Lipinski definition) is 4. The van der Waals surface area contributed by atoms with Crippen LogP contribution in [0.3, 0.4) is 0 Å². The maximum Gasteiger partial charge on any atom is 0.267 e. The zero-order valence-electron chi connectivity index (χ0n) is 10.3. The molecule has 0 spiro atoms. The van der Waals surface area contributed by atoms with Gasteiger partial charge in [-0.2, -0.15) is 5.10 Å². The van der Waals surface area contributed by atoms with E-state index in [1.165, 1.54) is 5.57 Å². The smallest absolute Gasteiger partial charge is 0.267 e. The molecule has 0 aromatic heterocycles. The molecule has 98 valence electrons. The first-order chi connectivity index (χ1) is 8.75. The molecule has 18 heavy (non-hydrogen) atoms. The molecule has 0 atom stereocenters. The van der Waals surface area contributed by atoms with Gasteiger partial charge in [0.2, 0.25) is 5.91 Å². The predicted octanol–water partition coefficient (Wildman–Crippen LogP) is -0.322. The lowest BCUT2D eigenvalue weighted by Gasteiger charge is -2.15. The zero-order chi connectivity index (χ0) is 12.8. The number of nitrogens with one attached hydrogen (secondary N) is 3. The lowest BCUT2D eigenvalue weighted by Crippen LogP contribution is -2.37. The summed E-state index contributed by atoms with van der Waals surface area (Å²) in [6.07, 6.45) is 4.86. The third-order valence-electron chi connectivity index (χ3n) is 3.06. The van der Waals surface area contributed by atoms with E-state index in [9.17, 15) is 9.59 Å². The number of hydrazone groups is 1. The average Bonchev–Trinajstić information content (AvgIpc) is 2.40. The Bertz CT molecular complexity index is 401. The van der Waals surface area contributed by atoms with Gasteiger partial charge in [0, 0.05) is 25.9 Å². The Morgan fingerprint density at radius 2 is 2.28 bits per heavy atom. The molecule has 2 aliphatic rings. The van der Waals surface area contributed by atoms with Crippen molar-refractivity contribution < 1.29 is 9.59 Å². The summed E-state index contributed by atoms with van der Waals surface area (Å²) in [4.78, 5) is 22.6. The van der Waals surface area contributed by atoms with Crippen molar-refractivity contribution in [3.05, 3.63) is 11.6 Å². The quantitative estimate of drug-likeness (QED) is 0.598.